The summed E-state index contributed by atoms with van der Waals surface area (Å²) in [5, 5.41) is 9.02. The fraction of sp³-hybridized carbons (Fsp3) is 0.700. The van der Waals surface area contributed by atoms with Crippen LogP contribution in [0.25, 0.3) is 0 Å². The Morgan fingerprint density at radius 3 is 2.75 bits per heavy atom. The SMILES string of the molecule is CC1=CCC(C)(C(=O)O)C(C)C1. The summed E-state index contributed by atoms with van der Waals surface area (Å²) in [6.07, 6.45) is 3.65. The summed E-state index contributed by atoms with van der Waals surface area (Å²) in [6.45, 7) is 5.92. The molecule has 0 amide bonds. The number of aliphatic carboxylic acids is 1. The minimum Gasteiger partial charge on any atom is -0.481 e. The van der Waals surface area contributed by atoms with Gasteiger partial charge in [0, 0.05) is 0 Å². The maximum absolute atomic E-state index is 11.0. The van der Waals surface area contributed by atoms with Gasteiger partial charge in [-0.25, -0.2) is 0 Å². The van der Waals surface area contributed by atoms with Crippen molar-refractivity contribution >= 4 is 5.97 Å². The van der Waals surface area contributed by atoms with Gasteiger partial charge in [-0.2, -0.15) is 0 Å². The Hall–Kier alpha value is -0.790. The largest absolute Gasteiger partial charge is 0.481 e. The van der Waals surface area contributed by atoms with Crippen LogP contribution in [0.1, 0.15) is 33.6 Å². The zero-order valence-corrected chi connectivity index (χ0v) is 7.92. The number of hydrogen-bond acceptors (Lipinski definition) is 1. The van der Waals surface area contributed by atoms with Gasteiger partial charge in [-0.1, -0.05) is 18.6 Å². The van der Waals surface area contributed by atoms with E-state index in [9.17, 15) is 4.79 Å². The first-order chi connectivity index (χ1) is 5.47. The van der Waals surface area contributed by atoms with Gasteiger partial charge >= 0.3 is 5.97 Å². The van der Waals surface area contributed by atoms with Crippen molar-refractivity contribution in [1.82, 2.24) is 0 Å². The molecule has 1 N–H and O–H groups in total. The number of hydrogen-bond donors (Lipinski definition) is 1. The van der Waals surface area contributed by atoms with Crippen LogP contribution >= 0.6 is 0 Å². The van der Waals surface area contributed by atoms with E-state index in [0.29, 0.717) is 6.42 Å². The highest BCUT2D eigenvalue weighted by molar-refractivity contribution is 5.75. The molecule has 0 aromatic carbocycles. The summed E-state index contributed by atoms with van der Waals surface area (Å²) in [7, 11) is 0. The van der Waals surface area contributed by atoms with Crippen LogP contribution in [0.15, 0.2) is 11.6 Å². The minimum atomic E-state index is -0.668. The topological polar surface area (TPSA) is 37.3 Å². The second-order valence-electron chi connectivity index (χ2n) is 4.08. The molecule has 68 valence electrons. The van der Waals surface area contributed by atoms with Gasteiger partial charge in [-0.15, -0.1) is 0 Å². The molecule has 1 rings (SSSR count). The molecule has 2 atom stereocenters. The van der Waals surface area contributed by atoms with Crippen molar-refractivity contribution in [1.29, 1.82) is 0 Å². The molecule has 0 radical (unpaired) electrons. The van der Waals surface area contributed by atoms with E-state index in [0.717, 1.165) is 6.42 Å². The molecule has 1 aliphatic carbocycles. The van der Waals surface area contributed by atoms with Gasteiger partial charge < -0.3 is 5.11 Å². The average Bonchev–Trinajstić information content (AvgIpc) is 1.97. The van der Waals surface area contributed by atoms with Gasteiger partial charge in [0.25, 0.3) is 0 Å². The molecule has 2 nitrogen and oxygen atoms in total. The lowest BCUT2D eigenvalue weighted by Gasteiger charge is -2.34. The van der Waals surface area contributed by atoms with Crippen molar-refractivity contribution in [2.24, 2.45) is 11.3 Å². The van der Waals surface area contributed by atoms with Crippen LogP contribution in [0.5, 0.6) is 0 Å². The highest BCUT2D eigenvalue weighted by Gasteiger charge is 2.39. The molecule has 0 spiro atoms. The molecule has 0 aliphatic heterocycles. The van der Waals surface area contributed by atoms with Gasteiger partial charge in [-0.05, 0) is 32.6 Å². The normalized spacial score (nSPS) is 35.9. The summed E-state index contributed by atoms with van der Waals surface area (Å²) in [4.78, 5) is 11.0. The van der Waals surface area contributed by atoms with E-state index in [2.05, 4.69) is 6.92 Å². The third-order valence-electron chi connectivity index (χ3n) is 3.08. The van der Waals surface area contributed by atoms with Crippen LogP contribution in [-0.2, 0) is 4.79 Å². The lowest BCUT2D eigenvalue weighted by Crippen LogP contribution is -2.36. The summed E-state index contributed by atoms with van der Waals surface area (Å²) >= 11 is 0. The molecule has 0 heterocycles. The third-order valence-corrected chi connectivity index (χ3v) is 3.08. The minimum absolute atomic E-state index is 0.250. The fourth-order valence-electron chi connectivity index (χ4n) is 1.68. The van der Waals surface area contributed by atoms with Crippen LogP contribution < -0.4 is 0 Å². The molecule has 0 saturated heterocycles. The highest BCUT2D eigenvalue weighted by Crippen LogP contribution is 2.39. The van der Waals surface area contributed by atoms with E-state index in [-0.39, 0.29) is 5.92 Å². The maximum Gasteiger partial charge on any atom is 0.309 e. The molecular formula is C10H16O2. The van der Waals surface area contributed by atoms with Crippen molar-refractivity contribution < 1.29 is 9.90 Å². The Morgan fingerprint density at radius 2 is 2.33 bits per heavy atom. The Balaban J connectivity index is 2.88. The smallest absolute Gasteiger partial charge is 0.309 e. The molecule has 0 aromatic rings. The molecule has 1 aliphatic rings. The quantitative estimate of drug-likeness (QED) is 0.610. The first kappa shape index (κ1) is 9.30. The fourth-order valence-corrected chi connectivity index (χ4v) is 1.68. The maximum atomic E-state index is 11.0. The predicted molar refractivity (Wildman–Crippen MR) is 47.9 cm³/mol. The Kier molecular flexibility index (Phi) is 2.27. The van der Waals surface area contributed by atoms with Gasteiger partial charge in [0.05, 0.1) is 5.41 Å². The van der Waals surface area contributed by atoms with Crippen LogP contribution in [0.2, 0.25) is 0 Å². The summed E-state index contributed by atoms with van der Waals surface area (Å²) in [6, 6.07) is 0. The van der Waals surface area contributed by atoms with Gasteiger partial charge in [0.2, 0.25) is 0 Å². The predicted octanol–water partition coefficient (Wildman–Crippen LogP) is 2.45. The number of carboxylic acids is 1. The third kappa shape index (κ3) is 1.38. The number of allylic oxidation sites excluding steroid dienone is 2. The molecule has 2 unspecified atom stereocenters. The van der Waals surface area contributed by atoms with E-state index >= 15 is 0 Å². The molecule has 2 heteroatoms. The van der Waals surface area contributed by atoms with Gasteiger partial charge in [0.1, 0.15) is 0 Å². The summed E-state index contributed by atoms with van der Waals surface area (Å²) in [5.41, 5.74) is 0.778. The molecule has 0 saturated carbocycles. The average molecular weight is 168 g/mol. The van der Waals surface area contributed by atoms with Gasteiger partial charge in [-0.3, -0.25) is 4.79 Å². The van der Waals surface area contributed by atoms with E-state index in [1.165, 1.54) is 5.57 Å². The second kappa shape index (κ2) is 2.92. The standard InChI is InChI=1S/C10H16O2/c1-7-4-5-10(3,9(11)12)8(2)6-7/h4,8H,5-6H2,1-3H3,(H,11,12). The second-order valence-corrected chi connectivity index (χ2v) is 4.08. The zero-order valence-electron chi connectivity index (χ0n) is 7.92. The number of rotatable bonds is 1. The van der Waals surface area contributed by atoms with E-state index in [1.54, 1.807) is 0 Å². The van der Waals surface area contributed by atoms with E-state index < -0.39 is 11.4 Å². The summed E-state index contributed by atoms with van der Waals surface area (Å²) < 4.78 is 0. The van der Waals surface area contributed by atoms with Crippen molar-refractivity contribution in [2.45, 2.75) is 33.6 Å². The zero-order chi connectivity index (χ0) is 9.35. The van der Waals surface area contributed by atoms with Crippen molar-refractivity contribution in [3.63, 3.8) is 0 Å². The van der Waals surface area contributed by atoms with Crippen LogP contribution in [0.3, 0.4) is 0 Å². The molecule has 0 aromatic heterocycles. The molecule has 0 fully saturated rings. The van der Waals surface area contributed by atoms with Crippen LogP contribution in [-0.4, -0.2) is 11.1 Å². The molecule has 0 bridgehead atoms. The number of carbonyl (C=O) groups is 1. The Morgan fingerprint density at radius 1 is 1.75 bits per heavy atom. The highest BCUT2D eigenvalue weighted by atomic mass is 16.4. The van der Waals surface area contributed by atoms with E-state index in [1.807, 2.05) is 19.9 Å². The van der Waals surface area contributed by atoms with Crippen molar-refractivity contribution in [3.8, 4) is 0 Å². The van der Waals surface area contributed by atoms with Crippen molar-refractivity contribution in [3.05, 3.63) is 11.6 Å². The number of carboxylic acid groups (broad SMARTS) is 1. The van der Waals surface area contributed by atoms with Crippen LogP contribution in [0.4, 0.5) is 0 Å². The lowest BCUT2D eigenvalue weighted by molar-refractivity contribution is -0.151. The Bertz CT molecular complexity index is 230. The van der Waals surface area contributed by atoms with Crippen molar-refractivity contribution in [2.75, 3.05) is 0 Å². The first-order valence-electron chi connectivity index (χ1n) is 4.36. The monoisotopic (exact) mass is 168 g/mol. The lowest BCUT2D eigenvalue weighted by atomic mass is 9.69. The molecule has 12 heavy (non-hydrogen) atoms. The Labute approximate surface area is 73.3 Å². The van der Waals surface area contributed by atoms with Gasteiger partial charge in [0.15, 0.2) is 0 Å². The summed E-state index contributed by atoms with van der Waals surface area (Å²) in [5.74, 6) is -0.418. The van der Waals surface area contributed by atoms with Crippen LogP contribution in [0, 0.1) is 11.3 Å². The molecular weight excluding hydrogens is 152 g/mol. The van der Waals surface area contributed by atoms with E-state index in [4.69, 9.17) is 5.11 Å². The first-order valence-corrected chi connectivity index (χ1v) is 4.36.